The lowest BCUT2D eigenvalue weighted by Gasteiger charge is -2.31. The first-order valence-electron chi connectivity index (χ1n) is 7.47. The number of fused-ring (bicyclic) bond motifs is 2. The van der Waals surface area contributed by atoms with Gasteiger partial charge in [0.1, 0.15) is 0 Å². The van der Waals surface area contributed by atoms with Crippen molar-refractivity contribution in [1.29, 1.82) is 0 Å². The zero-order valence-corrected chi connectivity index (χ0v) is 12.0. The van der Waals surface area contributed by atoms with Crippen LogP contribution in [0.2, 0.25) is 0 Å². The maximum atomic E-state index is 12.7. The molecule has 18 heavy (non-hydrogen) atoms. The van der Waals surface area contributed by atoms with Gasteiger partial charge in [0.2, 0.25) is 0 Å². The van der Waals surface area contributed by atoms with E-state index >= 15 is 0 Å². The largest absolute Gasteiger partial charge is 0.377 e. The third-order valence-corrected chi connectivity index (χ3v) is 6.08. The minimum Gasteiger partial charge on any atom is -0.377 e. The summed E-state index contributed by atoms with van der Waals surface area (Å²) in [5.41, 5.74) is 1.20. The van der Waals surface area contributed by atoms with E-state index in [0.29, 0.717) is 11.7 Å². The first-order valence-corrected chi connectivity index (χ1v) is 7.47. The molecule has 1 saturated heterocycles. The van der Waals surface area contributed by atoms with Crippen LogP contribution in [-0.4, -0.2) is 23.8 Å². The molecule has 3 aliphatic rings. The van der Waals surface area contributed by atoms with Crippen LogP contribution in [-0.2, 0) is 4.79 Å². The molecule has 0 radical (unpaired) electrons. The maximum absolute atomic E-state index is 12.7. The van der Waals surface area contributed by atoms with Gasteiger partial charge in [-0.3, -0.25) is 4.79 Å². The highest BCUT2D eigenvalue weighted by Gasteiger charge is 2.64. The van der Waals surface area contributed by atoms with Crippen LogP contribution in [0.5, 0.6) is 0 Å². The molecule has 100 valence electrons. The van der Waals surface area contributed by atoms with E-state index in [1.807, 2.05) is 0 Å². The summed E-state index contributed by atoms with van der Waals surface area (Å²) in [7, 11) is 0. The number of ketones is 1. The molecule has 0 amide bonds. The van der Waals surface area contributed by atoms with Gasteiger partial charge in [-0.05, 0) is 43.4 Å². The normalized spacial score (nSPS) is 40.8. The molecule has 1 aliphatic heterocycles. The number of piperidine rings is 1. The summed E-state index contributed by atoms with van der Waals surface area (Å²) in [6.07, 6.45) is 8.42. The van der Waals surface area contributed by atoms with Gasteiger partial charge in [0.05, 0.1) is 0 Å². The van der Waals surface area contributed by atoms with E-state index in [1.54, 1.807) is 0 Å². The number of likely N-dealkylation sites (tertiary alicyclic amines) is 1. The highest BCUT2D eigenvalue weighted by atomic mass is 16.1. The quantitative estimate of drug-likeness (QED) is 0.662. The van der Waals surface area contributed by atoms with Crippen molar-refractivity contribution in [3.63, 3.8) is 0 Å². The third-order valence-electron chi connectivity index (χ3n) is 6.08. The maximum Gasteiger partial charge on any atom is 0.167 e. The number of nitrogens with zero attached hydrogens (tertiary/aromatic N) is 1. The van der Waals surface area contributed by atoms with Gasteiger partial charge in [0.15, 0.2) is 5.78 Å². The number of Topliss-reactive ketones (excluding diaryl/α,β-unsaturated/α-hetero) is 1. The van der Waals surface area contributed by atoms with Crippen LogP contribution in [0.15, 0.2) is 11.8 Å². The van der Waals surface area contributed by atoms with Gasteiger partial charge in [-0.25, -0.2) is 0 Å². The molecule has 0 aromatic heterocycles. The molecule has 3 fully saturated rings. The van der Waals surface area contributed by atoms with Crippen molar-refractivity contribution in [2.45, 2.75) is 52.9 Å². The van der Waals surface area contributed by atoms with Crippen LogP contribution in [0.4, 0.5) is 0 Å². The Hall–Kier alpha value is -0.790. The Morgan fingerprint density at radius 3 is 2.39 bits per heavy atom. The van der Waals surface area contributed by atoms with E-state index in [2.05, 4.69) is 31.9 Å². The van der Waals surface area contributed by atoms with Crippen molar-refractivity contribution in [3.8, 4) is 0 Å². The topological polar surface area (TPSA) is 20.3 Å². The van der Waals surface area contributed by atoms with Crippen molar-refractivity contribution in [2.75, 3.05) is 13.1 Å². The highest BCUT2D eigenvalue weighted by molar-refractivity contribution is 6.04. The molecule has 0 spiro atoms. The summed E-state index contributed by atoms with van der Waals surface area (Å²) >= 11 is 0. The van der Waals surface area contributed by atoms with Gasteiger partial charge >= 0.3 is 0 Å². The second kappa shape index (κ2) is 3.85. The van der Waals surface area contributed by atoms with Gasteiger partial charge in [-0.15, -0.1) is 0 Å². The van der Waals surface area contributed by atoms with E-state index in [-0.39, 0.29) is 10.8 Å². The Kier molecular flexibility index (Phi) is 2.62. The molecule has 3 rings (SSSR count). The number of hydrogen-bond donors (Lipinski definition) is 0. The second-order valence-corrected chi connectivity index (χ2v) is 7.16. The molecule has 0 unspecified atom stereocenters. The third kappa shape index (κ3) is 1.44. The lowest BCUT2D eigenvalue weighted by atomic mass is 9.70. The SMILES string of the molecule is CC1(C)[C@H]2CC[C@@]1(C)C(=O)/C2=C/N1CCCCC1. The molecule has 1 heterocycles. The van der Waals surface area contributed by atoms with E-state index in [0.717, 1.165) is 25.1 Å². The van der Waals surface area contributed by atoms with Crippen molar-refractivity contribution in [3.05, 3.63) is 11.8 Å². The molecule has 2 atom stereocenters. The predicted octanol–water partition coefficient (Wildman–Crippen LogP) is 3.38. The minimum atomic E-state index is -0.0979. The van der Waals surface area contributed by atoms with Crippen molar-refractivity contribution >= 4 is 5.78 Å². The molecule has 2 aliphatic carbocycles. The average Bonchev–Trinajstić information content (AvgIpc) is 2.65. The van der Waals surface area contributed by atoms with E-state index in [1.165, 1.54) is 25.7 Å². The van der Waals surface area contributed by atoms with Gasteiger partial charge in [-0.1, -0.05) is 20.8 Å². The highest BCUT2D eigenvalue weighted by Crippen LogP contribution is 2.65. The average molecular weight is 247 g/mol. The zero-order chi connectivity index (χ0) is 13.0. The zero-order valence-electron chi connectivity index (χ0n) is 12.0. The van der Waals surface area contributed by atoms with Gasteiger partial charge in [-0.2, -0.15) is 0 Å². The lowest BCUT2D eigenvalue weighted by molar-refractivity contribution is -0.125. The first kappa shape index (κ1) is 12.3. The van der Waals surface area contributed by atoms with Crippen molar-refractivity contribution in [1.82, 2.24) is 4.90 Å². The number of rotatable bonds is 1. The molecule has 0 N–H and O–H groups in total. The Labute approximate surface area is 110 Å². The monoisotopic (exact) mass is 247 g/mol. The molecule has 2 heteroatoms. The molecular weight excluding hydrogens is 222 g/mol. The Morgan fingerprint density at radius 1 is 1.17 bits per heavy atom. The molecule has 2 saturated carbocycles. The van der Waals surface area contributed by atoms with Crippen LogP contribution in [0, 0.1) is 16.7 Å². The number of allylic oxidation sites excluding steroid dienone is 1. The van der Waals surface area contributed by atoms with Crippen LogP contribution in [0.3, 0.4) is 0 Å². The predicted molar refractivity (Wildman–Crippen MR) is 73.1 cm³/mol. The summed E-state index contributed by atoms with van der Waals surface area (Å²) in [5, 5.41) is 0. The Morgan fingerprint density at radius 2 is 1.83 bits per heavy atom. The van der Waals surface area contributed by atoms with Gasteiger partial charge < -0.3 is 4.90 Å². The summed E-state index contributed by atoms with van der Waals surface area (Å²) in [6.45, 7) is 9.05. The van der Waals surface area contributed by atoms with Crippen LogP contribution in [0.1, 0.15) is 52.9 Å². The van der Waals surface area contributed by atoms with Crippen molar-refractivity contribution < 1.29 is 4.79 Å². The smallest absolute Gasteiger partial charge is 0.167 e. The molecular formula is C16H25NO. The van der Waals surface area contributed by atoms with E-state index in [9.17, 15) is 4.79 Å². The van der Waals surface area contributed by atoms with Crippen LogP contribution in [0.25, 0.3) is 0 Å². The first-order chi connectivity index (χ1) is 8.47. The molecule has 2 nitrogen and oxygen atoms in total. The van der Waals surface area contributed by atoms with Gasteiger partial charge in [0, 0.05) is 30.3 Å². The molecule has 2 bridgehead atoms. The van der Waals surface area contributed by atoms with Crippen molar-refractivity contribution in [2.24, 2.45) is 16.7 Å². The minimum absolute atomic E-state index is 0.0979. The molecule has 0 aromatic carbocycles. The van der Waals surface area contributed by atoms with Crippen LogP contribution < -0.4 is 0 Å². The summed E-state index contributed by atoms with van der Waals surface area (Å²) in [5.74, 6) is 0.936. The second-order valence-electron chi connectivity index (χ2n) is 7.16. The fourth-order valence-corrected chi connectivity index (χ4v) is 4.32. The number of carbonyl (C=O) groups is 1. The fourth-order valence-electron chi connectivity index (χ4n) is 4.32. The Bertz CT molecular complexity index is 403. The van der Waals surface area contributed by atoms with E-state index < -0.39 is 0 Å². The summed E-state index contributed by atoms with van der Waals surface area (Å²) < 4.78 is 0. The van der Waals surface area contributed by atoms with E-state index in [4.69, 9.17) is 0 Å². The Balaban J connectivity index is 1.90. The number of carbonyl (C=O) groups excluding carboxylic acids is 1. The standard InChI is InChI=1S/C16H25NO/c1-15(2)13-7-8-16(15,3)14(18)12(13)11-17-9-5-4-6-10-17/h11,13H,4-10H2,1-3H3/b12-11+/t13-,16-/m0/s1. The summed E-state index contributed by atoms with van der Waals surface area (Å²) in [4.78, 5) is 15.1. The lowest BCUT2D eigenvalue weighted by Crippen LogP contribution is -2.32. The van der Waals surface area contributed by atoms with Crippen LogP contribution >= 0.6 is 0 Å². The molecule has 0 aromatic rings. The van der Waals surface area contributed by atoms with Gasteiger partial charge in [0.25, 0.3) is 0 Å². The summed E-state index contributed by atoms with van der Waals surface area (Å²) in [6, 6.07) is 0. The number of hydrogen-bond acceptors (Lipinski definition) is 2. The fraction of sp³-hybridized carbons (Fsp3) is 0.812.